The fraction of sp³-hybridized carbons (Fsp3) is 0.786. The summed E-state index contributed by atoms with van der Waals surface area (Å²) < 4.78 is 10.1. The van der Waals surface area contributed by atoms with Gasteiger partial charge in [-0.2, -0.15) is 4.37 Å². The lowest BCUT2D eigenvalue weighted by molar-refractivity contribution is 0.244. The van der Waals surface area contributed by atoms with Crippen LogP contribution >= 0.6 is 11.5 Å². The van der Waals surface area contributed by atoms with Gasteiger partial charge < -0.3 is 20.3 Å². The molecule has 0 unspecified atom stereocenters. The van der Waals surface area contributed by atoms with Gasteiger partial charge in [-0.3, -0.25) is 0 Å². The van der Waals surface area contributed by atoms with Crippen molar-refractivity contribution in [2.24, 2.45) is 5.92 Å². The number of nitrogen functional groups attached to an aromatic ring is 1. The molecule has 2 N–H and O–H groups in total. The van der Waals surface area contributed by atoms with Crippen LogP contribution in [0.5, 0.6) is 5.75 Å². The summed E-state index contributed by atoms with van der Waals surface area (Å²) in [7, 11) is 4.17. The summed E-state index contributed by atoms with van der Waals surface area (Å²) in [6, 6.07) is 0. The van der Waals surface area contributed by atoms with Gasteiger partial charge in [0, 0.05) is 19.6 Å². The lowest BCUT2D eigenvalue weighted by Crippen LogP contribution is -2.34. The molecule has 0 spiro atoms. The van der Waals surface area contributed by atoms with Crippen LogP contribution in [0.2, 0.25) is 0 Å². The predicted molar refractivity (Wildman–Crippen MR) is 87.9 cm³/mol. The Labute approximate surface area is 126 Å². The monoisotopic (exact) mass is 300 g/mol. The largest absolute Gasteiger partial charge is 0.484 e. The van der Waals surface area contributed by atoms with Crippen molar-refractivity contribution in [3.63, 3.8) is 0 Å². The topological polar surface area (TPSA) is 54.6 Å². The molecule has 0 aliphatic carbocycles. The summed E-state index contributed by atoms with van der Waals surface area (Å²) in [4.78, 5) is 4.51. The average Bonchev–Trinajstić information content (AvgIpc) is 2.65. The Hall–Kier alpha value is -1.01. The Bertz CT molecular complexity index is 404. The van der Waals surface area contributed by atoms with Gasteiger partial charge >= 0.3 is 0 Å². The van der Waals surface area contributed by atoms with Gasteiger partial charge in [0.25, 0.3) is 0 Å². The van der Waals surface area contributed by atoms with E-state index in [2.05, 4.69) is 42.1 Å². The summed E-state index contributed by atoms with van der Waals surface area (Å²) >= 11 is 1.43. The zero-order valence-corrected chi connectivity index (χ0v) is 14.3. The fourth-order valence-corrected chi connectivity index (χ4v) is 2.65. The third-order valence-electron chi connectivity index (χ3n) is 2.70. The molecular formula is C14H28N4OS. The maximum absolute atomic E-state index is 5.95. The van der Waals surface area contributed by atoms with Gasteiger partial charge in [0.15, 0.2) is 16.6 Å². The van der Waals surface area contributed by atoms with Gasteiger partial charge in [-0.15, -0.1) is 0 Å². The second-order valence-electron chi connectivity index (χ2n) is 6.01. The Morgan fingerprint density at radius 2 is 1.85 bits per heavy atom. The van der Waals surface area contributed by atoms with E-state index in [9.17, 15) is 0 Å². The first-order valence-corrected chi connectivity index (χ1v) is 7.90. The highest BCUT2D eigenvalue weighted by atomic mass is 32.1. The molecule has 0 saturated heterocycles. The Morgan fingerprint density at radius 1 is 1.20 bits per heavy atom. The van der Waals surface area contributed by atoms with Gasteiger partial charge in [0.05, 0.1) is 6.10 Å². The Morgan fingerprint density at radius 3 is 2.35 bits per heavy atom. The number of nitrogens with zero attached hydrogens (tertiary/aromatic N) is 3. The first-order valence-electron chi connectivity index (χ1n) is 7.12. The van der Waals surface area contributed by atoms with Crippen molar-refractivity contribution in [1.82, 2.24) is 9.27 Å². The third kappa shape index (κ3) is 5.17. The number of anilines is 2. The molecule has 0 bridgehead atoms. The van der Waals surface area contributed by atoms with E-state index in [-0.39, 0.29) is 6.10 Å². The van der Waals surface area contributed by atoms with Crippen LogP contribution in [0.15, 0.2) is 0 Å². The van der Waals surface area contributed by atoms with Crippen molar-refractivity contribution in [3.8, 4) is 5.75 Å². The minimum atomic E-state index is 0.0993. The second kappa shape index (κ2) is 7.69. The number of hydrogen-bond donors (Lipinski definition) is 1. The van der Waals surface area contributed by atoms with E-state index in [4.69, 9.17) is 10.5 Å². The molecular weight excluding hydrogens is 272 g/mol. The molecule has 0 radical (unpaired) electrons. The van der Waals surface area contributed by atoms with Crippen molar-refractivity contribution < 1.29 is 4.74 Å². The second-order valence-corrected chi connectivity index (χ2v) is 6.76. The number of likely N-dealkylation sites (N-methyl/N-ethyl adjacent to an activating group) is 1. The van der Waals surface area contributed by atoms with E-state index in [1.54, 1.807) is 0 Å². The minimum absolute atomic E-state index is 0.0993. The normalized spacial score (nSPS) is 11.7. The maximum Gasteiger partial charge on any atom is 0.198 e. The highest BCUT2D eigenvalue weighted by Gasteiger charge is 2.21. The predicted octanol–water partition coefficient (Wildman–Crippen LogP) is 2.54. The van der Waals surface area contributed by atoms with Crippen molar-refractivity contribution in [2.45, 2.75) is 33.8 Å². The molecule has 0 amide bonds. The molecule has 1 rings (SSSR count). The van der Waals surface area contributed by atoms with Crippen molar-refractivity contribution in [3.05, 3.63) is 0 Å². The van der Waals surface area contributed by atoms with Crippen LogP contribution in [0.25, 0.3) is 0 Å². The van der Waals surface area contributed by atoms with Gasteiger partial charge in [-0.1, -0.05) is 13.8 Å². The van der Waals surface area contributed by atoms with Crippen LogP contribution in [-0.2, 0) is 0 Å². The van der Waals surface area contributed by atoms with Crippen molar-refractivity contribution in [1.29, 1.82) is 0 Å². The lowest BCUT2D eigenvalue weighted by Gasteiger charge is -2.27. The molecule has 0 aromatic carbocycles. The number of hydrogen-bond acceptors (Lipinski definition) is 6. The van der Waals surface area contributed by atoms with Crippen LogP contribution < -0.4 is 15.4 Å². The van der Waals surface area contributed by atoms with Crippen LogP contribution in [0.4, 0.5) is 10.8 Å². The number of nitrogens with two attached hydrogens (primary N) is 1. The van der Waals surface area contributed by atoms with E-state index in [1.165, 1.54) is 11.5 Å². The molecule has 0 saturated carbocycles. The molecule has 0 aliphatic rings. The Balaban J connectivity index is 2.94. The lowest BCUT2D eigenvalue weighted by atomic mass is 10.2. The van der Waals surface area contributed by atoms with Crippen LogP contribution in [0.3, 0.4) is 0 Å². The molecule has 116 valence electrons. The minimum Gasteiger partial charge on any atom is -0.484 e. The highest BCUT2D eigenvalue weighted by molar-refractivity contribution is 7.11. The zero-order chi connectivity index (χ0) is 15.3. The molecule has 0 atom stereocenters. The summed E-state index contributed by atoms with van der Waals surface area (Å²) in [6.45, 7) is 11.4. The molecule has 1 aromatic rings. The molecule has 0 fully saturated rings. The van der Waals surface area contributed by atoms with E-state index in [0.717, 1.165) is 30.4 Å². The number of rotatable bonds is 8. The van der Waals surface area contributed by atoms with Crippen LogP contribution in [0.1, 0.15) is 27.7 Å². The number of ether oxygens (including phenoxy) is 1. The first-order chi connectivity index (χ1) is 9.31. The molecule has 1 heterocycles. The van der Waals surface area contributed by atoms with E-state index in [1.807, 2.05) is 13.8 Å². The zero-order valence-electron chi connectivity index (χ0n) is 13.5. The molecule has 1 aromatic heterocycles. The van der Waals surface area contributed by atoms with Gasteiger partial charge in [-0.25, -0.2) is 0 Å². The summed E-state index contributed by atoms with van der Waals surface area (Å²) in [5.41, 5.74) is 5.95. The molecule has 5 nitrogen and oxygen atoms in total. The molecule has 0 aliphatic heterocycles. The average molecular weight is 300 g/mol. The summed E-state index contributed by atoms with van der Waals surface area (Å²) in [5.74, 6) is 1.81. The quantitative estimate of drug-likeness (QED) is 0.799. The maximum atomic E-state index is 5.95. The van der Waals surface area contributed by atoms with Gasteiger partial charge in [0.2, 0.25) is 0 Å². The van der Waals surface area contributed by atoms with Crippen molar-refractivity contribution in [2.75, 3.05) is 44.4 Å². The third-order valence-corrected chi connectivity index (χ3v) is 3.61. The fourth-order valence-electron chi connectivity index (χ4n) is 1.87. The van der Waals surface area contributed by atoms with Crippen molar-refractivity contribution >= 4 is 22.4 Å². The summed E-state index contributed by atoms with van der Waals surface area (Å²) in [5, 5.41) is 1.05. The molecule has 6 heteroatoms. The van der Waals surface area contributed by atoms with Gasteiger partial charge in [0.1, 0.15) is 0 Å². The highest BCUT2D eigenvalue weighted by Crippen LogP contribution is 2.39. The van der Waals surface area contributed by atoms with E-state index >= 15 is 0 Å². The van der Waals surface area contributed by atoms with E-state index in [0.29, 0.717) is 11.7 Å². The Kier molecular flexibility index (Phi) is 6.55. The van der Waals surface area contributed by atoms with E-state index < -0.39 is 0 Å². The SMILES string of the molecule is CC(C)CN(CCN(C)C)c1snc(N)c1OC(C)C. The molecule has 20 heavy (non-hydrogen) atoms. The number of aromatic nitrogens is 1. The summed E-state index contributed by atoms with van der Waals surface area (Å²) in [6.07, 6.45) is 0.0993. The van der Waals surface area contributed by atoms with Gasteiger partial charge in [-0.05, 0) is 45.4 Å². The standard InChI is InChI=1S/C14H28N4OS/c1-10(2)9-18(8-7-17(5)6)14-12(19-11(3)4)13(15)16-20-14/h10-11H,7-9H2,1-6H3,(H2,15,16). The first kappa shape index (κ1) is 17.0. The smallest absolute Gasteiger partial charge is 0.198 e. The van der Waals surface area contributed by atoms with Crippen LogP contribution in [0, 0.1) is 5.92 Å². The van der Waals surface area contributed by atoms with Crippen LogP contribution in [-0.4, -0.2) is 49.1 Å².